The molecule has 18 heavy (non-hydrogen) atoms. The molecule has 110 valence electrons. The van der Waals surface area contributed by atoms with Crippen LogP contribution in [-0.2, 0) is 4.74 Å². The number of ether oxygens (including phenoxy) is 1. The Balaban J connectivity index is 3.65. The third-order valence-corrected chi connectivity index (χ3v) is 2.79. The van der Waals surface area contributed by atoms with Crippen molar-refractivity contribution in [2.75, 3.05) is 67.1 Å². The van der Waals surface area contributed by atoms with Crippen molar-refractivity contribution in [3.8, 4) is 0 Å². The fourth-order valence-corrected chi connectivity index (χ4v) is 1.86. The fourth-order valence-electron chi connectivity index (χ4n) is 1.86. The van der Waals surface area contributed by atoms with Gasteiger partial charge in [-0.25, -0.2) is 0 Å². The molecule has 0 aromatic heterocycles. The summed E-state index contributed by atoms with van der Waals surface area (Å²) < 4.78 is 5.03. The molecule has 0 aliphatic rings. The number of nitrogens with zero attached hydrogens (tertiary/aromatic N) is 2. The Bertz CT molecular complexity index is 174. The summed E-state index contributed by atoms with van der Waals surface area (Å²) >= 11 is 0. The predicted molar refractivity (Wildman–Crippen MR) is 79.2 cm³/mol. The standard InChI is InChI=1S/C14H33N3O/c1-14(2)13-17(11-10-16(3)4)9-8-15-7-6-12-18-5/h14-15H,6-13H2,1-5H3. The van der Waals surface area contributed by atoms with Crippen molar-refractivity contribution in [1.82, 2.24) is 15.1 Å². The average Bonchev–Trinajstić information content (AvgIpc) is 2.29. The largest absolute Gasteiger partial charge is 0.385 e. The van der Waals surface area contributed by atoms with Crippen molar-refractivity contribution in [1.29, 1.82) is 0 Å². The molecule has 0 aromatic rings. The SMILES string of the molecule is COCCCNCCN(CCN(C)C)CC(C)C. The molecule has 0 aromatic carbocycles. The Morgan fingerprint density at radius 1 is 1.06 bits per heavy atom. The minimum atomic E-state index is 0.737. The van der Waals surface area contributed by atoms with Crippen LogP contribution in [0, 0.1) is 5.92 Å². The number of rotatable bonds is 12. The van der Waals surface area contributed by atoms with Gasteiger partial charge in [-0.1, -0.05) is 13.8 Å². The highest BCUT2D eigenvalue weighted by Gasteiger charge is 2.07. The number of nitrogens with one attached hydrogen (secondary N) is 1. The monoisotopic (exact) mass is 259 g/mol. The van der Waals surface area contributed by atoms with E-state index in [-0.39, 0.29) is 0 Å². The molecule has 4 heteroatoms. The molecular weight excluding hydrogens is 226 g/mol. The van der Waals surface area contributed by atoms with Crippen LogP contribution in [0.25, 0.3) is 0 Å². The molecule has 0 fully saturated rings. The summed E-state index contributed by atoms with van der Waals surface area (Å²) in [5, 5.41) is 3.48. The van der Waals surface area contributed by atoms with Crippen LogP contribution in [0.15, 0.2) is 0 Å². The number of methoxy groups -OCH3 is 1. The lowest BCUT2D eigenvalue weighted by Gasteiger charge is -2.25. The van der Waals surface area contributed by atoms with E-state index in [0.717, 1.165) is 51.7 Å². The van der Waals surface area contributed by atoms with Crippen molar-refractivity contribution in [2.24, 2.45) is 5.92 Å². The molecule has 0 spiro atoms. The highest BCUT2D eigenvalue weighted by molar-refractivity contribution is 4.63. The van der Waals surface area contributed by atoms with Gasteiger partial charge < -0.3 is 19.9 Å². The molecule has 0 unspecified atom stereocenters. The molecule has 4 nitrogen and oxygen atoms in total. The summed E-state index contributed by atoms with van der Waals surface area (Å²) in [4.78, 5) is 4.80. The second-order valence-electron chi connectivity index (χ2n) is 5.59. The van der Waals surface area contributed by atoms with Crippen molar-refractivity contribution in [3.05, 3.63) is 0 Å². The zero-order chi connectivity index (χ0) is 13.8. The maximum atomic E-state index is 5.03. The van der Waals surface area contributed by atoms with E-state index in [4.69, 9.17) is 4.74 Å². The van der Waals surface area contributed by atoms with Crippen molar-refractivity contribution in [2.45, 2.75) is 20.3 Å². The van der Waals surface area contributed by atoms with Gasteiger partial charge in [0.15, 0.2) is 0 Å². The predicted octanol–water partition coefficient (Wildman–Crippen LogP) is 1.13. The summed E-state index contributed by atoms with van der Waals surface area (Å²) in [6, 6.07) is 0. The molecule has 0 atom stereocenters. The summed E-state index contributed by atoms with van der Waals surface area (Å²) in [6.07, 6.45) is 1.10. The van der Waals surface area contributed by atoms with Gasteiger partial charge in [0, 0.05) is 46.4 Å². The quantitative estimate of drug-likeness (QED) is 0.532. The lowest BCUT2D eigenvalue weighted by atomic mass is 10.2. The number of hydrogen-bond donors (Lipinski definition) is 1. The molecule has 0 amide bonds. The Hall–Kier alpha value is -0.160. The zero-order valence-corrected chi connectivity index (χ0v) is 13.0. The van der Waals surface area contributed by atoms with Crippen LogP contribution in [-0.4, -0.2) is 76.9 Å². The topological polar surface area (TPSA) is 27.7 Å². The van der Waals surface area contributed by atoms with Crippen LogP contribution < -0.4 is 5.32 Å². The van der Waals surface area contributed by atoms with E-state index in [1.807, 2.05) is 0 Å². The Kier molecular flexibility index (Phi) is 11.8. The van der Waals surface area contributed by atoms with E-state index in [9.17, 15) is 0 Å². The third kappa shape index (κ3) is 12.3. The van der Waals surface area contributed by atoms with E-state index >= 15 is 0 Å². The highest BCUT2D eigenvalue weighted by atomic mass is 16.5. The van der Waals surface area contributed by atoms with Gasteiger partial charge in [0.2, 0.25) is 0 Å². The minimum Gasteiger partial charge on any atom is -0.385 e. The van der Waals surface area contributed by atoms with Crippen molar-refractivity contribution >= 4 is 0 Å². The first-order valence-electron chi connectivity index (χ1n) is 7.13. The molecule has 0 radical (unpaired) electrons. The van der Waals surface area contributed by atoms with Crippen LogP contribution in [0.3, 0.4) is 0 Å². The summed E-state index contributed by atoms with van der Waals surface area (Å²) in [6.45, 7) is 12.2. The number of hydrogen-bond acceptors (Lipinski definition) is 4. The smallest absolute Gasteiger partial charge is 0.0474 e. The maximum Gasteiger partial charge on any atom is 0.0474 e. The first-order valence-corrected chi connectivity index (χ1v) is 7.13. The van der Waals surface area contributed by atoms with Gasteiger partial charge in [0.05, 0.1) is 0 Å². The average molecular weight is 259 g/mol. The first-order chi connectivity index (χ1) is 8.56. The molecule has 0 bridgehead atoms. The molecule has 0 aliphatic carbocycles. The molecular formula is C14H33N3O. The van der Waals surface area contributed by atoms with Crippen LogP contribution in [0.2, 0.25) is 0 Å². The normalized spacial score (nSPS) is 12.0. The van der Waals surface area contributed by atoms with E-state index in [2.05, 4.69) is 43.1 Å². The van der Waals surface area contributed by atoms with Crippen molar-refractivity contribution in [3.63, 3.8) is 0 Å². The number of likely N-dealkylation sites (N-methyl/N-ethyl adjacent to an activating group) is 1. The molecule has 0 saturated carbocycles. The van der Waals surface area contributed by atoms with E-state index < -0.39 is 0 Å². The second kappa shape index (κ2) is 11.9. The fraction of sp³-hybridized carbons (Fsp3) is 1.00. The Morgan fingerprint density at radius 3 is 2.33 bits per heavy atom. The minimum absolute atomic E-state index is 0.737. The van der Waals surface area contributed by atoms with Crippen LogP contribution in [0.5, 0.6) is 0 Å². The van der Waals surface area contributed by atoms with Gasteiger partial charge >= 0.3 is 0 Å². The molecule has 0 heterocycles. The lowest BCUT2D eigenvalue weighted by molar-refractivity contribution is 0.192. The van der Waals surface area contributed by atoms with Crippen LogP contribution in [0.1, 0.15) is 20.3 Å². The van der Waals surface area contributed by atoms with Gasteiger partial charge in [0.1, 0.15) is 0 Å². The zero-order valence-electron chi connectivity index (χ0n) is 13.0. The summed E-state index contributed by atoms with van der Waals surface area (Å²) in [7, 11) is 6.03. The lowest BCUT2D eigenvalue weighted by Crippen LogP contribution is -2.39. The Morgan fingerprint density at radius 2 is 1.78 bits per heavy atom. The van der Waals surface area contributed by atoms with Gasteiger partial charge in [-0.3, -0.25) is 0 Å². The highest BCUT2D eigenvalue weighted by Crippen LogP contribution is 1.98. The van der Waals surface area contributed by atoms with Gasteiger partial charge in [-0.05, 0) is 33.0 Å². The van der Waals surface area contributed by atoms with Crippen molar-refractivity contribution < 1.29 is 4.74 Å². The van der Waals surface area contributed by atoms with Gasteiger partial charge in [-0.2, -0.15) is 0 Å². The first kappa shape index (κ1) is 17.8. The van der Waals surface area contributed by atoms with E-state index in [1.54, 1.807) is 7.11 Å². The maximum absolute atomic E-state index is 5.03. The molecule has 0 saturated heterocycles. The Labute approximate surface area is 114 Å². The molecule has 0 rings (SSSR count). The van der Waals surface area contributed by atoms with Gasteiger partial charge in [-0.15, -0.1) is 0 Å². The molecule has 0 aliphatic heterocycles. The second-order valence-corrected chi connectivity index (χ2v) is 5.59. The third-order valence-electron chi connectivity index (χ3n) is 2.79. The summed E-state index contributed by atoms with van der Waals surface area (Å²) in [5.41, 5.74) is 0. The summed E-state index contributed by atoms with van der Waals surface area (Å²) in [5.74, 6) is 0.737. The molecule has 1 N–H and O–H groups in total. The van der Waals surface area contributed by atoms with Crippen LogP contribution in [0.4, 0.5) is 0 Å². The van der Waals surface area contributed by atoms with Crippen LogP contribution >= 0.6 is 0 Å². The van der Waals surface area contributed by atoms with Gasteiger partial charge in [0.25, 0.3) is 0 Å². The van der Waals surface area contributed by atoms with E-state index in [1.165, 1.54) is 6.54 Å². The van der Waals surface area contributed by atoms with E-state index in [0.29, 0.717) is 0 Å².